The van der Waals surface area contributed by atoms with Crippen molar-refractivity contribution in [3.63, 3.8) is 0 Å². The summed E-state index contributed by atoms with van der Waals surface area (Å²) < 4.78 is 16.7. The third-order valence-corrected chi connectivity index (χ3v) is 6.32. The topological polar surface area (TPSA) is 111 Å². The van der Waals surface area contributed by atoms with Crippen LogP contribution >= 0.6 is 0 Å². The first kappa shape index (κ1) is 25.2. The third-order valence-electron chi connectivity index (χ3n) is 6.32. The van der Waals surface area contributed by atoms with E-state index in [9.17, 15) is 19.2 Å². The molecule has 0 aromatic heterocycles. The van der Waals surface area contributed by atoms with Gasteiger partial charge in [0.15, 0.2) is 0 Å². The van der Waals surface area contributed by atoms with Gasteiger partial charge in [-0.2, -0.15) is 0 Å². The second-order valence-corrected chi connectivity index (χ2v) is 9.00. The highest BCUT2D eigenvalue weighted by Crippen LogP contribution is 2.31. The number of carbonyl (C=O) groups is 4. The molecule has 9 heteroatoms. The molecule has 0 saturated carbocycles. The van der Waals surface area contributed by atoms with Crippen molar-refractivity contribution in [2.75, 3.05) is 18.5 Å². The van der Waals surface area contributed by atoms with Gasteiger partial charge >= 0.3 is 5.97 Å². The molecule has 1 unspecified atom stereocenters. The molecular formula is C29H26N2O7. The number of imide groups is 1. The molecule has 3 aromatic carbocycles. The zero-order chi connectivity index (χ0) is 26.6. The minimum Gasteiger partial charge on any atom is -0.457 e. The van der Waals surface area contributed by atoms with Crippen LogP contribution in [0.15, 0.2) is 66.7 Å². The summed E-state index contributed by atoms with van der Waals surface area (Å²) in [6.45, 7) is 2.60. The number of hydrogen-bond acceptors (Lipinski definition) is 7. The van der Waals surface area contributed by atoms with Crippen molar-refractivity contribution in [3.05, 3.63) is 83.4 Å². The van der Waals surface area contributed by atoms with Crippen LogP contribution in [0.4, 0.5) is 5.69 Å². The van der Waals surface area contributed by atoms with Gasteiger partial charge < -0.3 is 19.5 Å². The van der Waals surface area contributed by atoms with Gasteiger partial charge in [0.2, 0.25) is 0 Å². The zero-order valence-electron chi connectivity index (χ0n) is 20.8. The maximum atomic E-state index is 12.9. The van der Waals surface area contributed by atoms with Crippen molar-refractivity contribution in [3.8, 4) is 17.2 Å². The number of ether oxygens (including phenoxy) is 3. The van der Waals surface area contributed by atoms with E-state index in [1.165, 1.54) is 4.90 Å². The lowest BCUT2D eigenvalue weighted by Gasteiger charge is -2.17. The van der Waals surface area contributed by atoms with Crippen LogP contribution < -0.4 is 14.8 Å². The fourth-order valence-corrected chi connectivity index (χ4v) is 4.35. The van der Waals surface area contributed by atoms with Crippen LogP contribution in [-0.4, -0.2) is 47.8 Å². The van der Waals surface area contributed by atoms with Crippen LogP contribution in [0.2, 0.25) is 0 Å². The van der Waals surface area contributed by atoms with Crippen LogP contribution in [0.1, 0.15) is 57.3 Å². The second kappa shape index (κ2) is 10.9. The van der Waals surface area contributed by atoms with E-state index in [0.29, 0.717) is 46.2 Å². The molecule has 2 aliphatic rings. The number of nitrogens with one attached hydrogen (secondary N) is 1. The number of hydrogen-bond donors (Lipinski definition) is 1. The molecule has 3 aromatic rings. The Hall–Kier alpha value is -4.50. The second-order valence-electron chi connectivity index (χ2n) is 9.00. The summed E-state index contributed by atoms with van der Waals surface area (Å²) in [5.41, 5.74) is 1.53. The van der Waals surface area contributed by atoms with Crippen LogP contribution in [0, 0.1) is 0 Å². The number of amides is 3. The largest absolute Gasteiger partial charge is 0.457 e. The van der Waals surface area contributed by atoms with Gasteiger partial charge in [0.1, 0.15) is 17.2 Å². The van der Waals surface area contributed by atoms with Crippen LogP contribution in [0.25, 0.3) is 0 Å². The molecule has 1 atom stereocenters. The molecule has 2 aliphatic heterocycles. The van der Waals surface area contributed by atoms with Crippen LogP contribution in [0.3, 0.4) is 0 Å². The first-order valence-electron chi connectivity index (χ1n) is 12.4. The summed E-state index contributed by atoms with van der Waals surface area (Å²) in [4.78, 5) is 51.0. The lowest BCUT2D eigenvalue weighted by Crippen LogP contribution is -2.36. The summed E-state index contributed by atoms with van der Waals surface area (Å²) in [5.74, 6) is -0.177. The number of carbonyl (C=O) groups excluding carboxylic acids is 4. The van der Waals surface area contributed by atoms with Gasteiger partial charge in [0, 0.05) is 30.3 Å². The Morgan fingerprint density at radius 3 is 2.42 bits per heavy atom. The Labute approximate surface area is 219 Å². The number of fused-ring (bicyclic) bond motifs is 1. The quantitative estimate of drug-likeness (QED) is 0.261. The highest BCUT2D eigenvalue weighted by atomic mass is 16.5. The number of anilines is 1. The van der Waals surface area contributed by atoms with E-state index in [1.54, 1.807) is 73.7 Å². The van der Waals surface area contributed by atoms with E-state index in [0.717, 1.165) is 12.8 Å². The van der Waals surface area contributed by atoms with Crippen molar-refractivity contribution in [2.24, 2.45) is 0 Å². The minimum atomic E-state index is -0.359. The van der Waals surface area contributed by atoms with Crippen LogP contribution in [0.5, 0.6) is 17.2 Å². The van der Waals surface area contributed by atoms with Crippen molar-refractivity contribution >= 4 is 29.4 Å². The number of esters is 1. The van der Waals surface area contributed by atoms with E-state index in [1.807, 2.05) is 0 Å². The van der Waals surface area contributed by atoms with Gasteiger partial charge in [-0.15, -0.1) is 0 Å². The first-order chi connectivity index (χ1) is 18.4. The van der Waals surface area contributed by atoms with Gasteiger partial charge in [0.25, 0.3) is 17.7 Å². The monoisotopic (exact) mass is 514 g/mol. The normalized spacial score (nSPS) is 16.3. The average Bonchev–Trinajstić information content (AvgIpc) is 3.52. The summed E-state index contributed by atoms with van der Waals surface area (Å²) >= 11 is 0. The van der Waals surface area contributed by atoms with Gasteiger partial charge in [-0.05, 0) is 67.4 Å². The molecular weight excluding hydrogens is 488 g/mol. The summed E-state index contributed by atoms with van der Waals surface area (Å²) in [6.07, 6.45) is 1.89. The maximum Gasteiger partial charge on any atom is 0.310 e. The number of benzene rings is 3. The van der Waals surface area contributed by atoms with E-state index in [4.69, 9.17) is 14.2 Å². The standard InChI is InChI=1S/C29H26N2O7/c1-2-26(32)38-20-10-8-18(9-11-20)27(33)30-19-5-3-6-21(15-19)37-22-12-13-24-25(16-22)29(35)31(28(24)34)17-23-7-4-14-36-23/h3,5-6,8-13,15-16,23H,2,4,7,14,17H2,1H3,(H,30,33). The summed E-state index contributed by atoms with van der Waals surface area (Å²) in [7, 11) is 0. The van der Waals surface area contributed by atoms with Crippen LogP contribution in [-0.2, 0) is 9.53 Å². The Morgan fingerprint density at radius 2 is 1.68 bits per heavy atom. The molecule has 9 nitrogen and oxygen atoms in total. The minimum absolute atomic E-state index is 0.123. The lowest BCUT2D eigenvalue weighted by atomic mass is 10.1. The molecule has 2 heterocycles. The first-order valence-corrected chi connectivity index (χ1v) is 12.4. The average molecular weight is 515 g/mol. The highest BCUT2D eigenvalue weighted by Gasteiger charge is 2.37. The van der Waals surface area contributed by atoms with Gasteiger partial charge in [-0.3, -0.25) is 24.1 Å². The molecule has 0 aliphatic carbocycles. The Balaban J connectivity index is 1.24. The summed E-state index contributed by atoms with van der Waals surface area (Å²) in [5, 5.41) is 2.81. The summed E-state index contributed by atoms with van der Waals surface area (Å²) in [6, 6.07) is 17.9. The number of rotatable bonds is 8. The van der Waals surface area contributed by atoms with Gasteiger partial charge in [-0.25, -0.2) is 0 Å². The maximum absolute atomic E-state index is 12.9. The molecule has 1 fully saturated rings. The third kappa shape index (κ3) is 5.42. The molecule has 0 spiro atoms. The van der Waals surface area contributed by atoms with E-state index in [-0.39, 0.29) is 42.8 Å². The Bertz CT molecular complexity index is 1390. The highest BCUT2D eigenvalue weighted by molar-refractivity contribution is 6.21. The van der Waals surface area contributed by atoms with Gasteiger partial charge in [0.05, 0.1) is 23.8 Å². The lowest BCUT2D eigenvalue weighted by molar-refractivity contribution is -0.134. The zero-order valence-corrected chi connectivity index (χ0v) is 20.8. The van der Waals surface area contributed by atoms with Crippen molar-refractivity contribution in [1.29, 1.82) is 0 Å². The molecule has 194 valence electrons. The molecule has 3 amide bonds. The smallest absolute Gasteiger partial charge is 0.310 e. The predicted molar refractivity (Wildman–Crippen MR) is 138 cm³/mol. The molecule has 0 bridgehead atoms. The predicted octanol–water partition coefficient (Wildman–Crippen LogP) is 4.82. The molecule has 1 saturated heterocycles. The fraction of sp³-hybridized carbons (Fsp3) is 0.241. The van der Waals surface area contributed by atoms with E-state index < -0.39 is 0 Å². The van der Waals surface area contributed by atoms with Gasteiger partial charge in [-0.1, -0.05) is 13.0 Å². The SMILES string of the molecule is CCC(=O)Oc1ccc(C(=O)Nc2cccc(Oc3ccc4c(c3)C(=O)N(CC3CCCO3)C4=O)c2)cc1. The number of nitrogens with zero attached hydrogens (tertiary/aromatic N) is 1. The van der Waals surface area contributed by atoms with Crippen molar-refractivity contribution in [2.45, 2.75) is 32.3 Å². The van der Waals surface area contributed by atoms with Crippen molar-refractivity contribution < 1.29 is 33.4 Å². The Morgan fingerprint density at radius 1 is 0.947 bits per heavy atom. The molecule has 5 rings (SSSR count). The molecule has 0 radical (unpaired) electrons. The molecule has 38 heavy (non-hydrogen) atoms. The Kier molecular flexibility index (Phi) is 7.19. The molecule has 1 N–H and O–H groups in total. The fourth-order valence-electron chi connectivity index (χ4n) is 4.35. The van der Waals surface area contributed by atoms with Crippen molar-refractivity contribution in [1.82, 2.24) is 4.90 Å². The van der Waals surface area contributed by atoms with E-state index >= 15 is 0 Å². The van der Waals surface area contributed by atoms with E-state index in [2.05, 4.69) is 5.32 Å².